The van der Waals surface area contributed by atoms with E-state index < -0.39 is 34.8 Å². The van der Waals surface area contributed by atoms with Crippen LogP contribution in [0, 0.1) is 5.82 Å². The summed E-state index contributed by atoms with van der Waals surface area (Å²) in [7, 11) is 0. The molecule has 0 unspecified atom stereocenters. The van der Waals surface area contributed by atoms with Crippen LogP contribution in [0.3, 0.4) is 0 Å². The lowest BCUT2D eigenvalue weighted by Gasteiger charge is -2.11. The first-order valence-electron chi connectivity index (χ1n) is 8.03. The van der Waals surface area contributed by atoms with E-state index in [-0.39, 0.29) is 27.1 Å². The van der Waals surface area contributed by atoms with Crippen LogP contribution in [-0.4, -0.2) is 16.7 Å². The molecule has 0 spiro atoms. The van der Waals surface area contributed by atoms with E-state index in [0.717, 1.165) is 24.4 Å². The van der Waals surface area contributed by atoms with Crippen molar-refractivity contribution in [2.75, 3.05) is 11.1 Å². The van der Waals surface area contributed by atoms with Gasteiger partial charge in [-0.25, -0.2) is 4.39 Å². The van der Waals surface area contributed by atoms with E-state index >= 15 is 0 Å². The van der Waals surface area contributed by atoms with Crippen molar-refractivity contribution in [2.24, 2.45) is 0 Å². The number of aromatic amines is 1. The van der Waals surface area contributed by atoms with Gasteiger partial charge in [0.25, 0.3) is 5.91 Å². The number of anilines is 2. The van der Waals surface area contributed by atoms with Crippen LogP contribution in [0.4, 0.5) is 28.9 Å². The minimum atomic E-state index is -4.70. The number of nitrogen functional groups attached to an aromatic ring is 1. The highest BCUT2D eigenvalue weighted by molar-refractivity contribution is 9.10. The fraction of sp³-hybridized carbons (Fsp3) is 0.0526. The van der Waals surface area contributed by atoms with Crippen LogP contribution in [0.25, 0.3) is 0 Å². The van der Waals surface area contributed by atoms with Gasteiger partial charge in [-0.1, -0.05) is 18.2 Å². The van der Waals surface area contributed by atoms with Crippen molar-refractivity contribution in [3.63, 3.8) is 0 Å². The summed E-state index contributed by atoms with van der Waals surface area (Å²) in [4.78, 5) is 27.4. The molecule has 0 saturated heterocycles. The van der Waals surface area contributed by atoms with Crippen molar-refractivity contribution < 1.29 is 27.2 Å². The first-order chi connectivity index (χ1) is 13.6. The third kappa shape index (κ3) is 4.16. The monoisotopic (exact) mass is 469 g/mol. The van der Waals surface area contributed by atoms with Gasteiger partial charge in [0, 0.05) is 17.3 Å². The number of benzene rings is 2. The summed E-state index contributed by atoms with van der Waals surface area (Å²) in [5.74, 6) is -2.40. The molecule has 150 valence electrons. The summed E-state index contributed by atoms with van der Waals surface area (Å²) in [5, 5.41) is 2.37. The van der Waals surface area contributed by atoms with Crippen LogP contribution in [0.15, 0.2) is 53.1 Å². The Morgan fingerprint density at radius 3 is 2.48 bits per heavy atom. The zero-order valence-electron chi connectivity index (χ0n) is 14.4. The molecule has 0 atom stereocenters. The van der Waals surface area contributed by atoms with Gasteiger partial charge in [-0.3, -0.25) is 9.59 Å². The van der Waals surface area contributed by atoms with E-state index in [0.29, 0.717) is 0 Å². The number of rotatable bonds is 4. The highest BCUT2D eigenvalue weighted by Crippen LogP contribution is 2.33. The van der Waals surface area contributed by atoms with Crippen molar-refractivity contribution in [1.29, 1.82) is 0 Å². The Balaban J connectivity index is 1.86. The second-order valence-electron chi connectivity index (χ2n) is 5.95. The van der Waals surface area contributed by atoms with Gasteiger partial charge in [-0.15, -0.1) is 0 Å². The lowest BCUT2D eigenvalue weighted by atomic mass is 9.99. The maximum atomic E-state index is 13.8. The maximum absolute atomic E-state index is 13.8. The number of hydrogen-bond acceptors (Lipinski definition) is 3. The van der Waals surface area contributed by atoms with Gasteiger partial charge in [0.1, 0.15) is 5.69 Å². The van der Waals surface area contributed by atoms with Gasteiger partial charge in [-0.05, 0) is 40.2 Å². The van der Waals surface area contributed by atoms with Gasteiger partial charge in [-0.2, -0.15) is 13.2 Å². The number of carbonyl (C=O) groups is 2. The summed E-state index contributed by atoms with van der Waals surface area (Å²) in [6, 6.07) is 8.18. The quantitative estimate of drug-likeness (QED) is 0.285. The highest BCUT2D eigenvalue weighted by Gasteiger charge is 2.35. The molecule has 10 heteroatoms. The van der Waals surface area contributed by atoms with Crippen LogP contribution in [0.2, 0.25) is 0 Å². The molecule has 0 fully saturated rings. The van der Waals surface area contributed by atoms with E-state index in [4.69, 9.17) is 5.73 Å². The topological polar surface area (TPSA) is 88.0 Å². The number of carbonyl (C=O) groups excluding carboxylic acids is 2. The zero-order valence-corrected chi connectivity index (χ0v) is 16.0. The summed E-state index contributed by atoms with van der Waals surface area (Å²) in [6.07, 6.45) is -3.58. The van der Waals surface area contributed by atoms with Crippen molar-refractivity contribution in [3.05, 3.63) is 81.3 Å². The Kier molecular flexibility index (Phi) is 5.47. The first kappa shape index (κ1) is 20.6. The number of halogens is 5. The number of ketones is 1. The van der Waals surface area contributed by atoms with E-state index in [1.165, 1.54) is 24.3 Å². The molecule has 3 rings (SSSR count). The van der Waals surface area contributed by atoms with Gasteiger partial charge in [0.05, 0.1) is 21.4 Å². The third-order valence-electron chi connectivity index (χ3n) is 4.05. The average Bonchev–Trinajstić information content (AvgIpc) is 3.17. The predicted octanol–water partition coefficient (Wildman–Crippen LogP) is 5.00. The van der Waals surface area contributed by atoms with E-state index in [9.17, 15) is 27.2 Å². The number of nitrogens with one attached hydrogen (secondary N) is 2. The van der Waals surface area contributed by atoms with Crippen LogP contribution < -0.4 is 11.1 Å². The second-order valence-corrected chi connectivity index (χ2v) is 6.81. The molecule has 0 saturated carbocycles. The summed E-state index contributed by atoms with van der Waals surface area (Å²) < 4.78 is 53.3. The lowest BCUT2D eigenvalue weighted by Crippen LogP contribution is -2.14. The Bertz CT molecular complexity index is 1110. The van der Waals surface area contributed by atoms with E-state index in [1.54, 1.807) is 0 Å². The first-order valence-corrected chi connectivity index (χ1v) is 8.83. The molecule has 1 amide bonds. The molecule has 0 aliphatic rings. The molecule has 4 N–H and O–H groups in total. The van der Waals surface area contributed by atoms with Crippen molar-refractivity contribution >= 4 is 39.0 Å². The molecule has 0 radical (unpaired) electrons. The van der Waals surface area contributed by atoms with E-state index in [2.05, 4.69) is 26.2 Å². The lowest BCUT2D eigenvalue weighted by molar-refractivity contribution is -0.137. The van der Waals surface area contributed by atoms with Crippen LogP contribution in [0.5, 0.6) is 0 Å². The third-order valence-corrected chi connectivity index (χ3v) is 4.66. The molecular weight excluding hydrogens is 458 g/mol. The fourth-order valence-corrected chi connectivity index (χ4v) is 2.95. The summed E-state index contributed by atoms with van der Waals surface area (Å²) in [5.41, 5.74) is 3.45. The van der Waals surface area contributed by atoms with Crippen LogP contribution >= 0.6 is 15.9 Å². The fourth-order valence-electron chi connectivity index (χ4n) is 2.61. The highest BCUT2D eigenvalue weighted by atomic mass is 79.9. The van der Waals surface area contributed by atoms with Crippen LogP contribution in [-0.2, 0) is 6.18 Å². The molecule has 5 nitrogen and oxygen atoms in total. The second kappa shape index (κ2) is 7.70. The molecule has 1 heterocycles. The van der Waals surface area contributed by atoms with Crippen molar-refractivity contribution in [1.82, 2.24) is 4.98 Å². The van der Waals surface area contributed by atoms with Gasteiger partial charge < -0.3 is 16.0 Å². The number of H-pyrrole nitrogens is 1. The van der Waals surface area contributed by atoms with Gasteiger partial charge in [0.2, 0.25) is 0 Å². The largest absolute Gasteiger partial charge is 0.417 e. The average molecular weight is 470 g/mol. The standard InChI is InChI=1S/C19H12BrF4N3O2/c20-12-5-6-13(16(25)15(12)21)27-18(29)14-7-9(8-26-14)17(28)10-3-1-2-4-11(10)19(22,23)24/h1-8,26H,25H2,(H,27,29). The number of aromatic nitrogens is 1. The molecule has 0 aliphatic carbocycles. The Labute approximate surface area is 170 Å². The minimum absolute atomic E-state index is 0.000550. The molecule has 3 aromatic rings. The van der Waals surface area contributed by atoms with E-state index in [1.807, 2.05) is 0 Å². The molecule has 29 heavy (non-hydrogen) atoms. The van der Waals surface area contributed by atoms with Crippen molar-refractivity contribution in [3.8, 4) is 0 Å². The maximum Gasteiger partial charge on any atom is 0.417 e. The predicted molar refractivity (Wildman–Crippen MR) is 102 cm³/mol. The Hall–Kier alpha value is -3.14. The summed E-state index contributed by atoms with van der Waals surface area (Å²) >= 11 is 2.96. The number of alkyl halides is 3. The molecule has 0 aliphatic heterocycles. The smallest absolute Gasteiger partial charge is 0.395 e. The zero-order chi connectivity index (χ0) is 21.3. The number of hydrogen-bond donors (Lipinski definition) is 3. The van der Waals surface area contributed by atoms with Gasteiger partial charge in [0.15, 0.2) is 11.6 Å². The molecule has 0 bridgehead atoms. The van der Waals surface area contributed by atoms with Gasteiger partial charge >= 0.3 is 6.18 Å². The Morgan fingerprint density at radius 1 is 1.10 bits per heavy atom. The molecule has 1 aromatic heterocycles. The number of nitrogens with two attached hydrogens (primary N) is 1. The number of amides is 1. The Morgan fingerprint density at radius 2 is 1.79 bits per heavy atom. The van der Waals surface area contributed by atoms with Crippen LogP contribution in [0.1, 0.15) is 32.0 Å². The normalized spacial score (nSPS) is 11.3. The molecular formula is C19H12BrF4N3O2. The van der Waals surface area contributed by atoms with Crippen molar-refractivity contribution in [2.45, 2.75) is 6.18 Å². The minimum Gasteiger partial charge on any atom is -0.395 e. The summed E-state index contributed by atoms with van der Waals surface area (Å²) in [6.45, 7) is 0. The SMILES string of the molecule is Nc1c(NC(=O)c2cc(C(=O)c3ccccc3C(F)(F)F)c[nH]2)ccc(Br)c1F. The molecule has 2 aromatic carbocycles.